The Morgan fingerprint density at radius 2 is 1.85 bits per heavy atom. The summed E-state index contributed by atoms with van der Waals surface area (Å²) in [5.41, 5.74) is 3.43. The monoisotopic (exact) mass is 270 g/mol. The van der Waals surface area contributed by atoms with E-state index < -0.39 is 6.10 Å². The van der Waals surface area contributed by atoms with Crippen molar-refractivity contribution in [2.75, 3.05) is 13.2 Å². The third kappa shape index (κ3) is 2.54. The van der Waals surface area contributed by atoms with Gasteiger partial charge in [-0.2, -0.15) is 0 Å². The highest BCUT2D eigenvalue weighted by Crippen LogP contribution is 2.25. The van der Waals surface area contributed by atoms with Crippen molar-refractivity contribution >= 4 is 21.8 Å². The Labute approximate surface area is 117 Å². The average molecular weight is 270 g/mol. The van der Waals surface area contributed by atoms with Gasteiger partial charge in [-0.05, 0) is 23.8 Å². The Balaban J connectivity index is 1.84. The highest BCUT2D eigenvalue weighted by atomic mass is 16.3. The number of fused-ring (bicyclic) bond motifs is 3. The molecule has 0 spiro atoms. The van der Waals surface area contributed by atoms with E-state index >= 15 is 0 Å². The van der Waals surface area contributed by atoms with Crippen molar-refractivity contribution in [2.45, 2.75) is 12.6 Å². The van der Waals surface area contributed by atoms with Crippen molar-refractivity contribution in [1.29, 1.82) is 0 Å². The second kappa shape index (κ2) is 5.63. The minimum Gasteiger partial charge on any atom is -0.394 e. The molecular weight excluding hydrogens is 252 g/mol. The molecule has 0 bridgehead atoms. The molecule has 104 valence electrons. The molecule has 1 atom stereocenters. The average Bonchev–Trinajstić information content (AvgIpc) is 2.85. The largest absolute Gasteiger partial charge is 0.394 e. The Kier molecular flexibility index (Phi) is 3.69. The summed E-state index contributed by atoms with van der Waals surface area (Å²) in [7, 11) is 0. The minimum absolute atomic E-state index is 0.214. The van der Waals surface area contributed by atoms with Gasteiger partial charge in [0.1, 0.15) is 0 Å². The van der Waals surface area contributed by atoms with Crippen molar-refractivity contribution in [3.8, 4) is 0 Å². The van der Waals surface area contributed by atoms with Crippen molar-refractivity contribution < 1.29 is 10.2 Å². The van der Waals surface area contributed by atoms with Crippen LogP contribution in [0.3, 0.4) is 0 Å². The predicted molar refractivity (Wildman–Crippen MR) is 80.6 cm³/mol. The van der Waals surface area contributed by atoms with Gasteiger partial charge in [-0.3, -0.25) is 0 Å². The quantitative estimate of drug-likeness (QED) is 0.571. The van der Waals surface area contributed by atoms with E-state index in [0.717, 1.165) is 16.6 Å². The summed E-state index contributed by atoms with van der Waals surface area (Å²) in [5, 5.41) is 23.6. The van der Waals surface area contributed by atoms with E-state index in [4.69, 9.17) is 5.11 Å². The zero-order valence-corrected chi connectivity index (χ0v) is 11.1. The molecule has 4 nitrogen and oxygen atoms in total. The Hall–Kier alpha value is -1.88. The second-order valence-corrected chi connectivity index (χ2v) is 5.02. The van der Waals surface area contributed by atoms with Crippen molar-refractivity contribution in [3.63, 3.8) is 0 Å². The number of aromatic nitrogens is 1. The molecule has 0 unspecified atom stereocenters. The molecule has 3 rings (SSSR count). The van der Waals surface area contributed by atoms with Gasteiger partial charge in [0.15, 0.2) is 0 Å². The summed E-state index contributed by atoms with van der Waals surface area (Å²) < 4.78 is 0. The lowest BCUT2D eigenvalue weighted by molar-refractivity contribution is 0.0942. The first kappa shape index (κ1) is 13.1. The fourth-order valence-corrected chi connectivity index (χ4v) is 2.45. The molecule has 0 saturated carbocycles. The van der Waals surface area contributed by atoms with Crippen LogP contribution in [0.4, 0.5) is 0 Å². The highest BCUT2D eigenvalue weighted by Gasteiger charge is 2.05. The Morgan fingerprint density at radius 3 is 2.70 bits per heavy atom. The number of H-pyrrole nitrogens is 1. The first-order valence-electron chi connectivity index (χ1n) is 6.77. The molecule has 4 heteroatoms. The molecule has 3 aromatic rings. The summed E-state index contributed by atoms with van der Waals surface area (Å²) in [6.45, 7) is 0.851. The van der Waals surface area contributed by atoms with E-state index in [1.165, 1.54) is 10.8 Å². The van der Waals surface area contributed by atoms with Gasteiger partial charge in [0, 0.05) is 34.9 Å². The molecule has 4 N–H and O–H groups in total. The summed E-state index contributed by atoms with van der Waals surface area (Å²) in [4.78, 5) is 3.40. The Morgan fingerprint density at radius 1 is 1.05 bits per heavy atom. The third-order valence-corrected chi connectivity index (χ3v) is 3.49. The second-order valence-electron chi connectivity index (χ2n) is 5.02. The molecule has 0 aliphatic rings. The van der Waals surface area contributed by atoms with Gasteiger partial charge in [0.05, 0.1) is 12.7 Å². The summed E-state index contributed by atoms with van der Waals surface area (Å²) >= 11 is 0. The molecule has 20 heavy (non-hydrogen) atoms. The highest BCUT2D eigenvalue weighted by molar-refractivity contribution is 6.07. The van der Waals surface area contributed by atoms with Crippen LogP contribution < -0.4 is 5.32 Å². The zero-order valence-electron chi connectivity index (χ0n) is 11.1. The summed E-state index contributed by atoms with van der Waals surface area (Å²) in [5.74, 6) is 0. The van der Waals surface area contributed by atoms with Gasteiger partial charge in [-0.1, -0.05) is 24.3 Å². The number of aliphatic hydroxyl groups is 2. The number of aromatic amines is 1. The normalized spacial score (nSPS) is 13.1. The number of nitrogens with one attached hydrogen (secondary N) is 2. The van der Waals surface area contributed by atoms with E-state index in [0.29, 0.717) is 13.1 Å². The van der Waals surface area contributed by atoms with E-state index in [9.17, 15) is 5.11 Å². The molecule has 1 heterocycles. The maximum absolute atomic E-state index is 9.30. The summed E-state index contributed by atoms with van der Waals surface area (Å²) in [6.07, 6.45) is -0.702. The van der Waals surface area contributed by atoms with Crippen LogP contribution in [0.2, 0.25) is 0 Å². The van der Waals surface area contributed by atoms with E-state index in [1.54, 1.807) is 0 Å². The van der Waals surface area contributed by atoms with Crippen LogP contribution in [0.1, 0.15) is 5.56 Å². The van der Waals surface area contributed by atoms with Gasteiger partial charge in [0.25, 0.3) is 0 Å². The van der Waals surface area contributed by atoms with Gasteiger partial charge in [-0.15, -0.1) is 0 Å². The van der Waals surface area contributed by atoms with Gasteiger partial charge in [-0.25, -0.2) is 0 Å². The number of rotatable bonds is 5. The molecule has 0 fully saturated rings. The lowest BCUT2D eigenvalue weighted by Crippen LogP contribution is -2.28. The molecule has 0 amide bonds. The van der Waals surface area contributed by atoms with Crippen molar-refractivity contribution in [2.24, 2.45) is 0 Å². The van der Waals surface area contributed by atoms with Crippen LogP contribution in [0.15, 0.2) is 42.5 Å². The van der Waals surface area contributed by atoms with Gasteiger partial charge >= 0.3 is 0 Å². The topological polar surface area (TPSA) is 68.3 Å². The number of para-hydroxylation sites is 1. The van der Waals surface area contributed by atoms with Crippen LogP contribution in [-0.4, -0.2) is 34.5 Å². The number of benzene rings is 2. The molecule has 0 saturated heterocycles. The van der Waals surface area contributed by atoms with Crippen LogP contribution >= 0.6 is 0 Å². The fraction of sp³-hybridized carbons (Fsp3) is 0.250. The lowest BCUT2D eigenvalue weighted by atomic mass is 10.1. The maximum atomic E-state index is 9.30. The minimum atomic E-state index is -0.702. The Bertz CT molecular complexity index is 721. The standard InChI is InChI=1S/C16H18N2O2/c19-10-12(20)9-17-8-11-5-6-16-14(7-11)13-3-1-2-4-15(13)18-16/h1-7,12,17-20H,8-10H2/t12-/m0/s1. The SMILES string of the molecule is OC[C@@H](O)CNCc1ccc2[nH]c3ccccc3c2c1. The van der Waals surface area contributed by atoms with Crippen molar-refractivity contribution in [1.82, 2.24) is 10.3 Å². The third-order valence-electron chi connectivity index (χ3n) is 3.49. The lowest BCUT2D eigenvalue weighted by Gasteiger charge is -2.08. The molecule has 0 aliphatic heterocycles. The van der Waals surface area contributed by atoms with E-state index in [-0.39, 0.29) is 6.61 Å². The van der Waals surface area contributed by atoms with Crippen molar-refractivity contribution in [3.05, 3.63) is 48.0 Å². The zero-order chi connectivity index (χ0) is 13.9. The van der Waals surface area contributed by atoms with E-state index in [1.807, 2.05) is 12.1 Å². The van der Waals surface area contributed by atoms with Gasteiger partial charge < -0.3 is 20.5 Å². The smallest absolute Gasteiger partial charge is 0.0895 e. The van der Waals surface area contributed by atoms with Crippen LogP contribution in [-0.2, 0) is 6.54 Å². The van der Waals surface area contributed by atoms with Crippen LogP contribution in [0, 0.1) is 0 Å². The number of hydrogen-bond acceptors (Lipinski definition) is 3. The van der Waals surface area contributed by atoms with Crippen LogP contribution in [0.5, 0.6) is 0 Å². The predicted octanol–water partition coefficient (Wildman–Crippen LogP) is 1.76. The molecular formula is C16H18N2O2. The summed E-state index contributed by atoms with van der Waals surface area (Å²) in [6, 6.07) is 14.6. The molecule has 1 aromatic heterocycles. The number of hydrogen-bond donors (Lipinski definition) is 4. The van der Waals surface area contributed by atoms with E-state index in [2.05, 4.69) is 40.6 Å². The molecule has 0 aliphatic carbocycles. The molecule has 0 radical (unpaired) electrons. The maximum Gasteiger partial charge on any atom is 0.0895 e. The first-order chi connectivity index (χ1) is 9.78. The fourth-order valence-electron chi connectivity index (χ4n) is 2.45. The van der Waals surface area contributed by atoms with Gasteiger partial charge in [0.2, 0.25) is 0 Å². The first-order valence-corrected chi connectivity index (χ1v) is 6.77. The van der Waals surface area contributed by atoms with Crippen LogP contribution in [0.25, 0.3) is 21.8 Å². The molecule has 2 aromatic carbocycles. The number of aliphatic hydroxyl groups excluding tert-OH is 2.